The van der Waals surface area contributed by atoms with Crippen molar-refractivity contribution >= 4 is 54.7 Å². The highest BCUT2D eigenvalue weighted by molar-refractivity contribution is 7.92. The van der Waals surface area contributed by atoms with Gasteiger partial charge < -0.3 is 5.32 Å². The molecule has 3 aromatic rings. The predicted molar refractivity (Wildman–Crippen MR) is 122 cm³/mol. The van der Waals surface area contributed by atoms with E-state index in [2.05, 4.69) is 25.4 Å². The molecule has 0 saturated heterocycles. The third-order valence-electron chi connectivity index (χ3n) is 3.87. The third kappa shape index (κ3) is 6.39. The van der Waals surface area contributed by atoms with Crippen LogP contribution in [0.2, 0.25) is 0 Å². The molecule has 0 unspecified atom stereocenters. The summed E-state index contributed by atoms with van der Waals surface area (Å²) in [7, 11) is -7.97. The minimum atomic E-state index is -4.06. The first-order valence-electron chi connectivity index (χ1n) is 8.80. The second kappa shape index (κ2) is 9.82. The summed E-state index contributed by atoms with van der Waals surface area (Å²) in [6, 6.07) is 11.2. The van der Waals surface area contributed by atoms with Gasteiger partial charge in [-0.3, -0.25) is 15.5 Å². The van der Waals surface area contributed by atoms with Crippen LogP contribution in [0.1, 0.15) is 0 Å². The quantitative estimate of drug-likeness (QED) is 0.195. The lowest BCUT2D eigenvalue weighted by molar-refractivity contribution is -0.384. The second-order valence-corrected chi connectivity index (χ2v) is 9.91. The Kier molecular flexibility index (Phi) is 7.12. The molecule has 0 saturated carbocycles. The molecule has 0 amide bonds. The van der Waals surface area contributed by atoms with Crippen molar-refractivity contribution in [2.75, 3.05) is 10.0 Å². The zero-order valence-electron chi connectivity index (χ0n) is 16.4. The molecular formula is C17H15N7O6S3. The normalized spacial score (nSPS) is 11.4. The van der Waals surface area contributed by atoms with Crippen LogP contribution in [-0.4, -0.2) is 36.8 Å². The summed E-state index contributed by atoms with van der Waals surface area (Å²) < 4.78 is 51.5. The molecule has 0 bridgehead atoms. The summed E-state index contributed by atoms with van der Waals surface area (Å²) in [5.74, 6) is -0.0783. The van der Waals surface area contributed by atoms with Gasteiger partial charge >= 0.3 is 0 Å². The number of thiocarbonyl (C=S) groups is 1. The third-order valence-corrected chi connectivity index (χ3v) is 6.68. The Bertz CT molecular complexity index is 1360. The first kappa shape index (κ1) is 23.9. The van der Waals surface area contributed by atoms with Crippen LogP contribution in [0.15, 0.2) is 76.8 Å². The number of nitrogens with zero attached hydrogens (tertiary/aromatic N) is 3. The lowest BCUT2D eigenvalue weighted by Crippen LogP contribution is -2.43. The van der Waals surface area contributed by atoms with E-state index in [4.69, 9.17) is 12.2 Å². The summed E-state index contributed by atoms with van der Waals surface area (Å²) in [5, 5.41) is 13.2. The molecule has 1 aromatic heterocycles. The molecule has 2 aromatic carbocycles. The van der Waals surface area contributed by atoms with Gasteiger partial charge in [-0.15, -0.1) is 4.83 Å². The summed E-state index contributed by atoms with van der Waals surface area (Å²) in [5.41, 5.74) is 2.40. The summed E-state index contributed by atoms with van der Waals surface area (Å²) in [4.78, 5) is 19.4. The highest BCUT2D eigenvalue weighted by Gasteiger charge is 2.17. The number of nitro benzene ring substituents is 1. The molecule has 3 rings (SSSR count). The fourth-order valence-electron chi connectivity index (χ4n) is 2.33. The van der Waals surface area contributed by atoms with E-state index < -0.39 is 25.0 Å². The van der Waals surface area contributed by atoms with Crippen LogP contribution in [0.5, 0.6) is 0 Å². The molecule has 16 heteroatoms. The number of hydrogen-bond acceptors (Lipinski definition) is 9. The van der Waals surface area contributed by atoms with Gasteiger partial charge in [-0.25, -0.2) is 31.5 Å². The highest BCUT2D eigenvalue weighted by atomic mass is 32.2. The molecule has 0 radical (unpaired) electrons. The van der Waals surface area contributed by atoms with E-state index in [-0.39, 0.29) is 26.5 Å². The average molecular weight is 510 g/mol. The van der Waals surface area contributed by atoms with Crippen LogP contribution in [0.4, 0.5) is 17.3 Å². The van der Waals surface area contributed by atoms with Gasteiger partial charge in [-0.2, -0.15) is 0 Å². The highest BCUT2D eigenvalue weighted by Crippen LogP contribution is 2.17. The van der Waals surface area contributed by atoms with E-state index in [9.17, 15) is 26.9 Å². The predicted octanol–water partition coefficient (Wildman–Crippen LogP) is 1.37. The maximum Gasteiger partial charge on any atom is 0.269 e. The number of benzene rings is 2. The first-order valence-corrected chi connectivity index (χ1v) is 12.2. The topological polar surface area (TPSA) is 185 Å². The van der Waals surface area contributed by atoms with Gasteiger partial charge in [0.05, 0.1) is 14.7 Å². The van der Waals surface area contributed by atoms with E-state index in [0.717, 1.165) is 24.3 Å². The minimum Gasteiger partial charge on any atom is -0.332 e. The molecule has 0 aliphatic rings. The summed E-state index contributed by atoms with van der Waals surface area (Å²) in [6.07, 6.45) is 2.78. The molecular weight excluding hydrogens is 494 g/mol. The number of nitrogens with one attached hydrogen (secondary N) is 4. The molecule has 172 valence electrons. The van der Waals surface area contributed by atoms with Crippen molar-refractivity contribution in [2.24, 2.45) is 0 Å². The molecule has 1 heterocycles. The fraction of sp³-hybridized carbons (Fsp3) is 0. The van der Waals surface area contributed by atoms with Crippen molar-refractivity contribution in [3.05, 3.63) is 77.1 Å². The van der Waals surface area contributed by atoms with Gasteiger partial charge in [0.2, 0.25) is 5.95 Å². The number of aromatic nitrogens is 2. The van der Waals surface area contributed by atoms with Crippen molar-refractivity contribution < 1.29 is 21.8 Å². The van der Waals surface area contributed by atoms with E-state index in [0.29, 0.717) is 5.69 Å². The Balaban J connectivity index is 1.58. The molecule has 0 atom stereocenters. The van der Waals surface area contributed by atoms with Gasteiger partial charge in [-0.1, -0.05) is 0 Å². The van der Waals surface area contributed by atoms with Gasteiger partial charge in [0.15, 0.2) is 5.11 Å². The van der Waals surface area contributed by atoms with Gasteiger partial charge in [0, 0.05) is 30.2 Å². The van der Waals surface area contributed by atoms with E-state index in [1.165, 1.54) is 36.7 Å². The van der Waals surface area contributed by atoms with Crippen molar-refractivity contribution in [1.29, 1.82) is 0 Å². The zero-order chi connectivity index (χ0) is 24.1. The van der Waals surface area contributed by atoms with Crippen LogP contribution in [0, 0.1) is 10.1 Å². The van der Waals surface area contributed by atoms with Crippen LogP contribution < -0.4 is 20.3 Å². The second-order valence-electron chi connectivity index (χ2n) is 6.14. The van der Waals surface area contributed by atoms with Gasteiger partial charge in [0.25, 0.3) is 25.7 Å². The zero-order valence-corrected chi connectivity index (χ0v) is 18.8. The van der Waals surface area contributed by atoms with Crippen molar-refractivity contribution in [2.45, 2.75) is 9.79 Å². The molecule has 33 heavy (non-hydrogen) atoms. The Morgan fingerprint density at radius 2 is 1.42 bits per heavy atom. The summed E-state index contributed by atoms with van der Waals surface area (Å²) >= 11 is 5.02. The Labute approximate surface area is 193 Å². The molecule has 13 nitrogen and oxygen atoms in total. The Morgan fingerprint density at radius 3 is 2.00 bits per heavy atom. The first-order chi connectivity index (χ1) is 15.6. The largest absolute Gasteiger partial charge is 0.332 e. The van der Waals surface area contributed by atoms with Crippen LogP contribution in [0.25, 0.3) is 0 Å². The minimum absolute atomic E-state index is 0.0572. The van der Waals surface area contributed by atoms with Crippen LogP contribution in [-0.2, 0) is 20.0 Å². The number of non-ortho nitro benzene ring substituents is 1. The molecule has 0 aliphatic heterocycles. The standard InChI is InChI=1S/C17H15N7O6S3/c25-24(26)13-4-8-15(9-5-13)33(29,30)23-21-17(31)20-12-2-6-14(7-3-12)32(27,28)22-16-18-10-1-11-19-16/h1-11,23H,(H,18,19,22)(H2,20,21,31). The van der Waals surface area contributed by atoms with Gasteiger partial charge in [-0.05, 0) is 54.7 Å². The Hall–Kier alpha value is -3.73. The molecule has 0 aliphatic carbocycles. The van der Waals surface area contributed by atoms with E-state index >= 15 is 0 Å². The molecule has 0 spiro atoms. The van der Waals surface area contributed by atoms with Crippen molar-refractivity contribution in [3.8, 4) is 0 Å². The van der Waals surface area contributed by atoms with Crippen LogP contribution in [0.3, 0.4) is 0 Å². The summed E-state index contributed by atoms with van der Waals surface area (Å²) in [6.45, 7) is 0. The van der Waals surface area contributed by atoms with Crippen LogP contribution >= 0.6 is 12.2 Å². The number of hydrogen-bond donors (Lipinski definition) is 4. The van der Waals surface area contributed by atoms with Crippen molar-refractivity contribution in [1.82, 2.24) is 20.2 Å². The average Bonchev–Trinajstić information content (AvgIpc) is 2.78. The van der Waals surface area contributed by atoms with E-state index in [1.54, 1.807) is 6.07 Å². The number of rotatable bonds is 8. The SMILES string of the molecule is O=[N+]([O-])c1ccc(S(=O)(=O)NNC(=S)Nc2ccc(S(=O)(=O)Nc3ncccn3)cc2)cc1. The number of sulfonamides is 2. The fourth-order valence-corrected chi connectivity index (χ4v) is 4.37. The van der Waals surface area contributed by atoms with Gasteiger partial charge in [0.1, 0.15) is 0 Å². The maximum atomic E-state index is 12.4. The smallest absolute Gasteiger partial charge is 0.269 e. The number of hydrazine groups is 1. The Morgan fingerprint density at radius 1 is 0.879 bits per heavy atom. The molecule has 0 fully saturated rings. The lowest BCUT2D eigenvalue weighted by atomic mass is 10.3. The number of nitro groups is 1. The van der Waals surface area contributed by atoms with Crippen molar-refractivity contribution in [3.63, 3.8) is 0 Å². The van der Waals surface area contributed by atoms with E-state index in [1.807, 2.05) is 4.83 Å². The molecule has 4 N–H and O–H groups in total. The number of anilines is 2. The monoisotopic (exact) mass is 509 g/mol. The lowest BCUT2D eigenvalue weighted by Gasteiger charge is -2.12. The maximum absolute atomic E-state index is 12.4.